The molecule has 1 aromatic carbocycles. The summed E-state index contributed by atoms with van der Waals surface area (Å²) in [6.45, 7) is 4.70. The van der Waals surface area contributed by atoms with Crippen LogP contribution in [0.4, 0.5) is 4.39 Å². The maximum Gasteiger partial charge on any atom is 0.224 e. The summed E-state index contributed by atoms with van der Waals surface area (Å²) in [7, 11) is 0. The van der Waals surface area contributed by atoms with E-state index < -0.39 is 0 Å². The fourth-order valence-corrected chi connectivity index (χ4v) is 2.48. The van der Waals surface area contributed by atoms with Crippen molar-refractivity contribution in [3.63, 3.8) is 0 Å². The molecule has 0 aliphatic carbocycles. The van der Waals surface area contributed by atoms with Gasteiger partial charge in [-0.2, -0.15) is 0 Å². The van der Waals surface area contributed by atoms with E-state index in [1.807, 2.05) is 19.1 Å². The van der Waals surface area contributed by atoms with Crippen molar-refractivity contribution in [1.82, 2.24) is 15.0 Å². The standard InChI is InChI=1S/C19H20FN3O/c1-3-4-12-24-19-16(6-5-11-21-19)18-22-13(2)17(23-18)14-7-9-15(20)10-8-14/h5-11H,3-4,12H2,1-2H3,(H,22,23). The highest BCUT2D eigenvalue weighted by Crippen LogP contribution is 2.30. The van der Waals surface area contributed by atoms with Gasteiger partial charge in [0, 0.05) is 17.5 Å². The van der Waals surface area contributed by atoms with Gasteiger partial charge in [0.1, 0.15) is 11.6 Å². The van der Waals surface area contributed by atoms with E-state index >= 15 is 0 Å². The number of imidazole rings is 1. The molecule has 2 aromatic heterocycles. The predicted molar refractivity (Wildman–Crippen MR) is 92.4 cm³/mol. The predicted octanol–water partition coefficient (Wildman–Crippen LogP) is 4.77. The third-order valence-electron chi connectivity index (χ3n) is 3.77. The zero-order chi connectivity index (χ0) is 16.9. The highest BCUT2D eigenvalue weighted by atomic mass is 19.1. The molecule has 0 aliphatic heterocycles. The number of halogens is 1. The van der Waals surface area contributed by atoms with Crippen molar-refractivity contribution in [1.29, 1.82) is 0 Å². The second-order valence-electron chi connectivity index (χ2n) is 5.62. The number of nitrogens with one attached hydrogen (secondary N) is 1. The summed E-state index contributed by atoms with van der Waals surface area (Å²) >= 11 is 0. The summed E-state index contributed by atoms with van der Waals surface area (Å²) in [6, 6.07) is 10.1. The van der Waals surface area contributed by atoms with Crippen molar-refractivity contribution < 1.29 is 9.13 Å². The van der Waals surface area contributed by atoms with Crippen LogP contribution >= 0.6 is 0 Å². The molecule has 0 atom stereocenters. The summed E-state index contributed by atoms with van der Waals surface area (Å²) in [4.78, 5) is 12.3. The SMILES string of the molecule is CCCCOc1ncccc1-c1nc(-c2ccc(F)cc2)c(C)[nH]1. The molecular weight excluding hydrogens is 305 g/mol. The van der Waals surface area contributed by atoms with Crippen molar-refractivity contribution in [2.24, 2.45) is 0 Å². The third kappa shape index (κ3) is 3.45. The van der Waals surface area contributed by atoms with Gasteiger partial charge in [-0.05, 0) is 49.7 Å². The largest absolute Gasteiger partial charge is 0.477 e. The molecule has 2 heterocycles. The summed E-state index contributed by atoms with van der Waals surface area (Å²) < 4.78 is 18.9. The van der Waals surface area contributed by atoms with Gasteiger partial charge in [-0.15, -0.1) is 0 Å². The summed E-state index contributed by atoms with van der Waals surface area (Å²) in [6.07, 6.45) is 3.76. The number of unbranched alkanes of at least 4 members (excludes halogenated alkanes) is 1. The average molecular weight is 325 g/mol. The van der Waals surface area contributed by atoms with Crippen LogP contribution in [-0.4, -0.2) is 21.6 Å². The quantitative estimate of drug-likeness (QED) is 0.664. The Labute approximate surface area is 140 Å². The van der Waals surface area contributed by atoms with Gasteiger partial charge in [0.05, 0.1) is 17.9 Å². The minimum Gasteiger partial charge on any atom is -0.477 e. The molecule has 24 heavy (non-hydrogen) atoms. The maximum atomic E-state index is 13.1. The lowest BCUT2D eigenvalue weighted by Crippen LogP contribution is -2.00. The topological polar surface area (TPSA) is 50.8 Å². The Morgan fingerprint density at radius 2 is 1.96 bits per heavy atom. The van der Waals surface area contributed by atoms with Crippen molar-refractivity contribution in [2.45, 2.75) is 26.7 Å². The van der Waals surface area contributed by atoms with Gasteiger partial charge in [0.15, 0.2) is 0 Å². The van der Waals surface area contributed by atoms with Gasteiger partial charge in [-0.3, -0.25) is 0 Å². The molecule has 124 valence electrons. The number of hydrogen-bond donors (Lipinski definition) is 1. The van der Waals surface area contributed by atoms with E-state index in [4.69, 9.17) is 4.74 Å². The maximum absolute atomic E-state index is 13.1. The first-order valence-electron chi connectivity index (χ1n) is 8.09. The summed E-state index contributed by atoms with van der Waals surface area (Å²) in [5.74, 6) is 1.02. The van der Waals surface area contributed by atoms with Crippen LogP contribution in [0.5, 0.6) is 5.88 Å². The van der Waals surface area contributed by atoms with Gasteiger partial charge >= 0.3 is 0 Å². The zero-order valence-electron chi connectivity index (χ0n) is 13.8. The summed E-state index contributed by atoms with van der Waals surface area (Å²) in [5.41, 5.74) is 3.41. The molecule has 0 unspecified atom stereocenters. The minimum absolute atomic E-state index is 0.258. The normalized spacial score (nSPS) is 10.8. The van der Waals surface area contributed by atoms with Gasteiger partial charge in [0.2, 0.25) is 5.88 Å². The van der Waals surface area contributed by atoms with E-state index in [2.05, 4.69) is 21.9 Å². The smallest absolute Gasteiger partial charge is 0.224 e. The summed E-state index contributed by atoms with van der Waals surface area (Å²) in [5, 5.41) is 0. The average Bonchev–Trinajstić information content (AvgIpc) is 2.98. The van der Waals surface area contributed by atoms with Crippen LogP contribution in [0.15, 0.2) is 42.6 Å². The second kappa shape index (κ2) is 7.25. The molecule has 0 fully saturated rings. The Balaban J connectivity index is 1.94. The fraction of sp³-hybridized carbons (Fsp3) is 0.263. The van der Waals surface area contributed by atoms with Crippen molar-refractivity contribution >= 4 is 0 Å². The van der Waals surface area contributed by atoms with Crippen molar-refractivity contribution in [3.8, 4) is 28.5 Å². The number of pyridine rings is 1. The first kappa shape index (κ1) is 16.2. The number of H-pyrrole nitrogens is 1. The van der Waals surface area contributed by atoms with Crippen LogP contribution in [0.2, 0.25) is 0 Å². The van der Waals surface area contributed by atoms with Gasteiger partial charge in [0.25, 0.3) is 0 Å². The van der Waals surface area contributed by atoms with Gasteiger partial charge in [-0.1, -0.05) is 13.3 Å². The number of nitrogens with zero attached hydrogens (tertiary/aromatic N) is 2. The first-order chi connectivity index (χ1) is 11.7. The zero-order valence-corrected chi connectivity index (χ0v) is 13.8. The van der Waals surface area contributed by atoms with E-state index in [1.165, 1.54) is 12.1 Å². The monoisotopic (exact) mass is 325 g/mol. The lowest BCUT2D eigenvalue weighted by Gasteiger charge is -2.07. The highest BCUT2D eigenvalue weighted by molar-refractivity contribution is 5.69. The number of aromatic amines is 1. The van der Waals surface area contributed by atoms with Crippen molar-refractivity contribution in [3.05, 3.63) is 54.1 Å². The highest BCUT2D eigenvalue weighted by Gasteiger charge is 2.14. The molecule has 0 spiro atoms. The lowest BCUT2D eigenvalue weighted by molar-refractivity contribution is 0.299. The van der Waals surface area contributed by atoms with Crippen LogP contribution in [0.3, 0.4) is 0 Å². The molecule has 0 bridgehead atoms. The molecule has 0 saturated heterocycles. The first-order valence-corrected chi connectivity index (χ1v) is 8.09. The van der Waals surface area contributed by atoms with Crippen LogP contribution in [0, 0.1) is 12.7 Å². The van der Waals surface area contributed by atoms with Crippen LogP contribution in [0.1, 0.15) is 25.5 Å². The number of aromatic nitrogens is 3. The Morgan fingerprint density at radius 1 is 1.17 bits per heavy atom. The molecule has 3 aromatic rings. The lowest BCUT2D eigenvalue weighted by atomic mass is 10.1. The van der Waals surface area contributed by atoms with E-state index in [9.17, 15) is 4.39 Å². The van der Waals surface area contributed by atoms with E-state index in [-0.39, 0.29) is 5.82 Å². The van der Waals surface area contributed by atoms with Gasteiger partial charge < -0.3 is 9.72 Å². The fourth-order valence-electron chi connectivity index (χ4n) is 2.48. The van der Waals surface area contributed by atoms with Crippen LogP contribution in [-0.2, 0) is 0 Å². The molecule has 0 amide bonds. The van der Waals surface area contributed by atoms with Gasteiger partial charge in [-0.25, -0.2) is 14.4 Å². The second-order valence-corrected chi connectivity index (χ2v) is 5.62. The molecular formula is C19H20FN3O. The van der Waals surface area contributed by atoms with E-state index in [0.29, 0.717) is 18.3 Å². The molecule has 5 heteroatoms. The molecule has 3 rings (SSSR count). The molecule has 0 radical (unpaired) electrons. The third-order valence-corrected chi connectivity index (χ3v) is 3.77. The molecule has 0 aliphatic rings. The van der Waals surface area contributed by atoms with Crippen LogP contribution in [0.25, 0.3) is 22.6 Å². The molecule has 1 N–H and O–H groups in total. The number of hydrogen-bond acceptors (Lipinski definition) is 3. The Hall–Kier alpha value is -2.69. The molecule has 0 saturated carbocycles. The number of aryl methyl sites for hydroxylation is 1. The molecule has 4 nitrogen and oxygen atoms in total. The number of ether oxygens (including phenoxy) is 1. The number of benzene rings is 1. The Kier molecular flexibility index (Phi) is 4.89. The Morgan fingerprint density at radius 3 is 2.71 bits per heavy atom. The number of rotatable bonds is 6. The Bertz CT molecular complexity index is 812. The van der Waals surface area contributed by atoms with Crippen LogP contribution < -0.4 is 4.74 Å². The van der Waals surface area contributed by atoms with E-state index in [0.717, 1.165) is 35.4 Å². The van der Waals surface area contributed by atoms with E-state index in [1.54, 1.807) is 18.3 Å². The minimum atomic E-state index is -0.258. The van der Waals surface area contributed by atoms with Crippen molar-refractivity contribution in [2.75, 3.05) is 6.61 Å².